The van der Waals surface area contributed by atoms with Gasteiger partial charge in [0.25, 0.3) is 0 Å². The second kappa shape index (κ2) is 5.56. The van der Waals surface area contributed by atoms with Gasteiger partial charge in [-0.3, -0.25) is 4.79 Å². The average molecular weight is 323 g/mol. The second-order valence-corrected chi connectivity index (χ2v) is 5.91. The summed E-state index contributed by atoms with van der Waals surface area (Å²) in [6.45, 7) is 4.53. The molecule has 6 heteroatoms. The lowest BCUT2D eigenvalue weighted by Crippen LogP contribution is -2.18. The predicted octanol–water partition coefficient (Wildman–Crippen LogP) is 3.02. The van der Waals surface area contributed by atoms with Crippen molar-refractivity contribution in [3.63, 3.8) is 0 Å². The van der Waals surface area contributed by atoms with Crippen molar-refractivity contribution in [3.05, 3.63) is 47.8 Å². The smallest absolute Gasteiger partial charge is 0.244 e. The highest BCUT2D eigenvalue weighted by molar-refractivity contribution is 5.92. The number of fused-ring (bicyclic) bond motifs is 2. The Balaban J connectivity index is 1.53. The maximum Gasteiger partial charge on any atom is 0.244 e. The van der Waals surface area contributed by atoms with Crippen LogP contribution in [0.2, 0.25) is 0 Å². The monoisotopic (exact) mass is 323 g/mol. The molecule has 0 saturated carbocycles. The Morgan fingerprint density at radius 1 is 1.17 bits per heavy atom. The number of carbonyl (C=O) groups excluding carboxylic acids is 1. The number of hydrogen-bond acceptors (Lipinski definition) is 4. The zero-order valence-electron chi connectivity index (χ0n) is 13.5. The van der Waals surface area contributed by atoms with Crippen LogP contribution in [0, 0.1) is 13.8 Å². The number of rotatable bonds is 3. The van der Waals surface area contributed by atoms with Crippen molar-refractivity contribution in [2.24, 2.45) is 0 Å². The first-order valence-electron chi connectivity index (χ1n) is 7.72. The Morgan fingerprint density at radius 2 is 1.96 bits per heavy atom. The highest BCUT2D eigenvalue weighted by Gasteiger charge is 2.15. The Hall–Kier alpha value is -3.02. The molecule has 3 aromatic rings. The quantitative estimate of drug-likeness (QED) is 0.804. The van der Waals surface area contributed by atoms with Crippen molar-refractivity contribution in [2.75, 3.05) is 12.1 Å². The summed E-state index contributed by atoms with van der Waals surface area (Å²) in [4.78, 5) is 16.7. The fraction of sp³-hybridized carbons (Fsp3) is 0.222. The minimum Gasteiger partial charge on any atom is -0.454 e. The van der Waals surface area contributed by atoms with Crippen molar-refractivity contribution in [1.29, 1.82) is 0 Å². The van der Waals surface area contributed by atoms with Crippen LogP contribution in [0.5, 0.6) is 11.5 Å². The molecule has 0 saturated heterocycles. The fourth-order valence-electron chi connectivity index (χ4n) is 2.77. The molecule has 0 atom stereocenters. The number of aromatic nitrogens is 2. The molecule has 122 valence electrons. The van der Waals surface area contributed by atoms with E-state index in [9.17, 15) is 4.79 Å². The number of carbonyl (C=O) groups is 1. The van der Waals surface area contributed by atoms with E-state index in [1.807, 2.05) is 10.6 Å². The number of aryl methyl sites for hydroxylation is 2. The number of ether oxygens (including phenoxy) is 2. The Bertz CT molecular complexity index is 946. The summed E-state index contributed by atoms with van der Waals surface area (Å²) in [5.41, 5.74) is 4.91. The van der Waals surface area contributed by atoms with E-state index in [0.717, 1.165) is 11.0 Å². The molecule has 2 aromatic carbocycles. The van der Waals surface area contributed by atoms with E-state index >= 15 is 0 Å². The maximum atomic E-state index is 12.3. The van der Waals surface area contributed by atoms with Gasteiger partial charge in [-0.1, -0.05) is 0 Å². The highest BCUT2D eigenvalue weighted by atomic mass is 16.7. The van der Waals surface area contributed by atoms with Crippen LogP contribution in [0.4, 0.5) is 5.69 Å². The van der Waals surface area contributed by atoms with Gasteiger partial charge in [0.05, 0.1) is 17.4 Å². The molecular formula is C18H17N3O3. The Morgan fingerprint density at radius 3 is 2.83 bits per heavy atom. The molecule has 1 aliphatic rings. The van der Waals surface area contributed by atoms with Crippen LogP contribution in [0.3, 0.4) is 0 Å². The van der Waals surface area contributed by atoms with Gasteiger partial charge in [-0.2, -0.15) is 0 Å². The van der Waals surface area contributed by atoms with Gasteiger partial charge in [-0.15, -0.1) is 0 Å². The summed E-state index contributed by atoms with van der Waals surface area (Å²) in [6, 6.07) is 9.45. The molecule has 0 spiro atoms. The van der Waals surface area contributed by atoms with Crippen LogP contribution < -0.4 is 14.8 Å². The number of amides is 1. The summed E-state index contributed by atoms with van der Waals surface area (Å²) in [7, 11) is 0. The van der Waals surface area contributed by atoms with Crippen LogP contribution in [0.25, 0.3) is 11.0 Å². The van der Waals surface area contributed by atoms with E-state index in [-0.39, 0.29) is 19.2 Å². The number of nitrogens with one attached hydrogen (secondary N) is 1. The molecule has 4 rings (SSSR count). The Kier molecular flexibility index (Phi) is 3.37. The van der Waals surface area contributed by atoms with Gasteiger partial charge in [0, 0.05) is 11.8 Å². The van der Waals surface area contributed by atoms with Gasteiger partial charge < -0.3 is 19.4 Å². The van der Waals surface area contributed by atoms with Gasteiger partial charge in [0.15, 0.2) is 11.5 Å². The van der Waals surface area contributed by atoms with E-state index < -0.39 is 0 Å². The lowest BCUT2D eigenvalue weighted by atomic mass is 10.1. The van der Waals surface area contributed by atoms with Crippen LogP contribution >= 0.6 is 0 Å². The number of hydrogen-bond donors (Lipinski definition) is 1. The fourth-order valence-corrected chi connectivity index (χ4v) is 2.77. The van der Waals surface area contributed by atoms with Gasteiger partial charge in [0.1, 0.15) is 6.54 Å². The van der Waals surface area contributed by atoms with Gasteiger partial charge in [0.2, 0.25) is 12.7 Å². The average Bonchev–Trinajstić information content (AvgIpc) is 3.15. The predicted molar refractivity (Wildman–Crippen MR) is 90.4 cm³/mol. The maximum absolute atomic E-state index is 12.3. The number of nitrogens with zero attached hydrogens (tertiary/aromatic N) is 2. The standard InChI is InChI=1S/C18H17N3O3/c1-11-5-14-15(6-12(11)2)21(9-19-14)8-18(22)20-13-3-4-16-17(7-13)24-10-23-16/h3-7,9H,8,10H2,1-2H3,(H,20,22). The minimum absolute atomic E-state index is 0.119. The van der Waals surface area contributed by atoms with E-state index in [1.165, 1.54) is 11.1 Å². The van der Waals surface area contributed by atoms with Crippen molar-refractivity contribution in [1.82, 2.24) is 9.55 Å². The second-order valence-electron chi connectivity index (χ2n) is 5.91. The summed E-state index contributed by atoms with van der Waals surface area (Å²) in [6.07, 6.45) is 1.70. The zero-order valence-corrected chi connectivity index (χ0v) is 13.5. The van der Waals surface area contributed by atoms with E-state index in [0.29, 0.717) is 17.2 Å². The molecule has 24 heavy (non-hydrogen) atoms. The summed E-state index contributed by atoms with van der Waals surface area (Å²) in [5.74, 6) is 1.22. The number of imidazole rings is 1. The zero-order chi connectivity index (χ0) is 16.7. The first-order chi connectivity index (χ1) is 11.6. The third-order valence-corrected chi connectivity index (χ3v) is 4.21. The van der Waals surface area contributed by atoms with E-state index in [2.05, 4.69) is 30.2 Å². The van der Waals surface area contributed by atoms with Crippen LogP contribution in [-0.2, 0) is 11.3 Å². The Labute approximate surface area is 139 Å². The van der Waals surface area contributed by atoms with Crippen molar-refractivity contribution in [3.8, 4) is 11.5 Å². The van der Waals surface area contributed by atoms with Crippen molar-refractivity contribution >= 4 is 22.6 Å². The third kappa shape index (κ3) is 2.56. The minimum atomic E-state index is -0.119. The van der Waals surface area contributed by atoms with Gasteiger partial charge in [-0.25, -0.2) is 4.98 Å². The van der Waals surface area contributed by atoms with E-state index in [4.69, 9.17) is 9.47 Å². The molecule has 0 aliphatic carbocycles. The molecule has 0 unspecified atom stereocenters. The molecule has 6 nitrogen and oxygen atoms in total. The molecular weight excluding hydrogens is 306 g/mol. The molecule has 2 heterocycles. The summed E-state index contributed by atoms with van der Waals surface area (Å²) in [5, 5.41) is 2.88. The van der Waals surface area contributed by atoms with E-state index in [1.54, 1.807) is 24.5 Å². The molecule has 0 bridgehead atoms. The van der Waals surface area contributed by atoms with Crippen molar-refractivity contribution in [2.45, 2.75) is 20.4 Å². The summed E-state index contributed by atoms with van der Waals surface area (Å²) < 4.78 is 12.4. The van der Waals surface area contributed by atoms with Crippen LogP contribution in [0.1, 0.15) is 11.1 Å². The largest absolute Gasteiger partial charge is 0.454 e. The summed E-state index contributed by atoms with van der Waals surface area (Å²) >= 11 is 0. The van der Waals surface area contributed by atoms with Crippen LogP contribution in [0.15, 0.2) is 36.7 Å². The number of anilines is 1. The molecule has 1 aliphatic heterocycles. The van der Waals surface area contributed by atoms with Gasteiger partial charge >= 0.3 is 0 Å². The molecule has 1 aromatic heterocycles. The SMILES string of the molecule is Cc1cc2ncn(CC(=O)Nc3ccc4c(c3)OCO4)c2cc1C. The topological polar surface area (TPSA) is 65.4 Å². The molecule has 0 radical (unpaired) electrons. The lowest BCUT2D eigenvalue weighted by molar-refractivity contribution is -0.116. The van der Waals surface area contributed by atoms with Crippen LogP contribution in [-0.4, -0.2) is 22.3 Å². The van der Waals surface area contributed by atoms with Gasteiger partial charge in [-0.05, 0) is 49.2 Å². The van der Waals surface area contributed by atoms with Crippen molar-refractivity contribution < 1.29 is 14.3 Å². The molecule has 1 N–H and O–H groups in total. The first kappa shape index (κ1) is 14.6. The normalized spacial score (nSPS) is 12.6. The molecule has 0 fully saturated rings. The molecule has 1 amide bonds. The number of benzene rings is 2. The highest BCUT2D eigenvalue weighted by Crippen LogP contribution is 2.34. The lowest BCUT2D eigenvalue weighted by Gasteiger charge is -2.08. The first-order valence-corrected chi connectivity index (χ1v) is 7.72. The third-order valence-electron chi connectivity index (χ3n) is 4.21.